The fourth-order valence-electron chi connectivity index (χ4n) is 2.27. The number of carbonyl (C=O) groups excluding carboxylic acids is 1. The molecule has 20 heavy (non-hydrogen) atoms. The molecule has 0 bridgehead atoms. The zero-order chi connectivity index (χ0) is 14.8. The Morgan fingerprint density at radius 1 is 1.50 bits per heavy atom. The molecule has 6 heteroatoms. The zero-order valence-electron chi connectivity index (χ0n) is 12.2. The van der Waals surface area contributed by atoms with E-state index in [4.69, 9.17) is 9.26 Å². The molecule has 0 N–H and O–H groups in total. The van der Waals surface area contributed by atoms with E-state index in [2.05, 4.69) is 21.1 Å². The normalized spacial score (nSPS) is 17.3. The predicted molar refractivity (Wildman–Crippen MR) is 78.9 cm³/mol. The molecule has 1 aromatic rings. The van der Waals surface area contributed by atoms with Crippen molar-refractivity contribution in [2.24, 2.45) is 0 Å². The van der Waals surface area contributed by atoms with E-state index in [1.165, 1.54) is 0 Å². The number of piperidine rings is 1. The summed E-state index contributed by atoms with van der Waals surface area (Å²) in [5, 5.41) is 4.78. The van der Waals surface area contributed by atoms with Crippen LogP contribution in [0.2, 0.25) is 0 Å². The Morgan fingerprint density at radius 2 is 2.15 bits per heavy atom. The Bertz CT molecular complexity index is 459. The summed E-state index contributed by atoms with van der Waals surface area (Å²) in [5.41, 5.74) is 0.549. The van der Waals surface area contributed by atoms with Gasteiger partial charge >= 0.3 is 6.09 Å². The van der Waals surface area contributed by atoms with Crippen molar-refractivity contribution < 1.29 is 14.1 Å². The number of likely N-dealkylation sites (tertiary alicyclic amines) is 1. The zero-order valence-corrected chi connectivity index (χ0v) is 13.8. The third-order valence-electron chi connectivity index (χ3n) is 3.27. The van der Waals surface area contributed by atoms with Gasteiger partial charge in [0.25, 0.3) is 0 Å². The van der Waals surface area contributed by atoms with E-state index in [0.717, 1.165) is 24.3 Å². The number of halogens is 1. The Labute approximate surface area is 127 Å². The van der Waals surface area contributed by atoms with Gasteiger partial charge in [0, 0.05) is 25.1 Å². The van der Waals surface area contributed by atoms with E-state index >= 15 is 0 Å². The van der Waals surface area contributed by atoms with E-state index < -0.39 is 5.60 Å². The number of rotatable bonds is 2. The van der Waals surface area contributed by atoms with Crippen molar-refractivity contribution in [3.05, 3.63) is 17.5 Å². The first-order chi connectivity index (χ1) is 9.39. The van der Waals surface area contributed by atoms with Gasteiger partial charge in [-0.15, -0.1) is 0 Å². The number of alkyl halides is 1. The van der Waals surface area contributed by atoms with Crippen molar-refractivity contribution in [1.29, 1.82) is 0 Å². The number of hydrogen-bond acceptors (Lipinski definition) is 4. The van der Waals surface area contributed by atoms with E-state index in [1.807, 2.05) is 26.8 Å². The average Bonchev–Trinajstić information content (AvgIpc) is 2.85. The third-order valence-corrected chi connectivity index (χ3v) is 3.83. The predicted octanol–water partition coefficient (Wildman–Crippen LogP) is 3.68. The Hall–Kier alpha value is -1.04. The molecular weight excluding hydrogens is 324 g/mol. The summed E-state index contributed by atoms with van der Waals surface area (Å²) in [6.07, 6.45) is 1.57. The lowest BCUT2D eigenvalue weighted by Crippen LogP contribution is -2.41. The van der Waals surface area contributed by atoms with Crippen molar-refractivity contribution in [2.45, 2.75) is 50.5 Å². The molecule has 1 saturated heterocycles. The van der Waals surface area contributed by atoms with Gasteiger partial charge in [0.1, 0.15) is 11.4 Å². The van der Waals surface area contributed by atoms with Crippen molar-refractivity contribution in [1.82, 2.24) is 10.1 Å². The smallest absolute Gasteiger partial charge is 0.410 e. The van der Waals surface area contributed by atoms with Crippen LogP contribution in [-0.4, -0.2) is 34.8 Å². The minimum Gasteiger partial charge on any atom is -0.444 e. The molecule has 0 aliphatic carbocycles. The van der Waals surface area contributed by atoms with Gasteiger partial charge in [-0.05, 0) is 33.6 Å². The minimum atomic E-state index is -0.440. The molecule has 0 aromatic carbocycles. The first kappa shape index (κ1) is 15.4. The molecule has 0 unspecified atom stereocenters. The second-order valence-corrected chi connectivity index (χ2v) is 6.65. The van der Waals surface area contributed by atoms with E-state index in [-0.39, 0.29) is 6.09 Å². The van der Waals surface area contributed by atoms with Gasteiger partial charge in [0.05, 0.1) is 11.0 Å². The molecule has 1 aromatic heterocycles. The summed E-state index contributed by atoms with van der Waals surface area (Å²) >= 11 is 3.35. The summed E-state index contributed by atoms with van der Waals surface area (Å²) < 4.78 is 10.6. The van der Waals surface area contributed by atoms with Crippen LogP contribution >= 0.6 is 15.9 Å². The summed E-state index contributed by atoms with van der Waals surface area (Å²) in [6, 6.07) is 1.99. The minimum absolute atomic E-state index is 0.225. The number of carbonyl (C=O) groups is 1. The summed E-state index contributed by atoms with van der Waals surface area (Å²) in [6.45, 7) is 7.06. The Kier molecular flexibility index (Phi) is 4.73. The molecule has 1 fully saturated rings. The van der Waals surface area contributed by atoms with Crippen LogP contribution in [0.5, 0.6) is 0 Å². The van der Waals surface area contributed by atoms with Crippen LogP contribution in [0.15, 0.2) is 10.6 Å². The van der Waals surface area contributed by atoms with Crippen molar-refractivity contribution in [3.63, 3.8) is 0 Å². The molecule has 1 aliphatic heterocycles. The van der Waals surface area contributed by atoms with E-state index in [1.54, 1.807) is 4.90 Å². The van der Waals surface area contributed by atoms with Crippen LogP contribution in [0, 0.1) is 0 Å². The quantitative estimate of drug-likeness (QED) is 0.767. The Balaban J connectivity index is 1.87. The lowest BCUT2D eigenvalue weighted by atomic mass is 9.94. The van der Waals surface area contributed by atoms with E-state index in [0.29, 0.717) is 24.3 Å². The third kappa shape index (κ3) is 3.98. The van der Waals surface area contributed by atoms with Gasteiger partial charge < -0.3 is 14.2 Å². The van der Waals surface area contributed by atoms with Crippen LogP contribution in [0.1, 0.15) is 51.0 Å². The average molecular weight is 345 g/mol. The summed E-state index contributed by atoms with van der Waals surface area (Å²) in [7, 11) is 0. The van der Waals surface area contributed by atoms with Crippen LogP contribution in [0.4, 0.5) is 4.79 Å². The number of nitrogens with zero attached hydrogens (tertiary/aromatic N) is 2. The molecule has 1 aliphatic rings. The largest absolute Gasteiger partial charge is 0.444 e. The van der Waals surface area contributed by atoms with Crippen LogP contribution in [-0.2, 0) is 10.1 Å². The molecule has 0 radical (unpaired) electrons. The first-order valence-corrected chi connectivity index (χ1v) is 8.00. The monoisotopic (exact) mass is 344 g/mol. The molecule has 5 nitrogen and oxygen atoms in total. The van der Waals surface area contributed by atoms with Crippen LogP contribution in [0.3, 0.4) is 0 Å². The second kappa shape index (κ2) is 6.16. The van der Waals surface area contributed by atoms with Crippen molar-refractivity contribution in [3.8, 4) is 0 Å². The molecule has 1 amide bonds. The molecule has 0 atom stereocenters. The van der Waals surface area contributed by atoms with Crippen LogP contribution in [0.25, 0.3) is 0 Å². The highest BCUT2D eigenvalue weighted by Gasteiger charge is 2.28. The topological polar surface area (TPSA) is 55.6 Å². The highest BCUT2D eigenvalue weighted by molar-refractivity contribution is 9.08. The van der Waals surface area contributed by atoms with Gasteiger partial charge in [-0.25, -0.2) is 4.79 Å². The highest BCUT2D eigenvalue weighted by atomic mass is 79.9. The maximum atomic E-state index is 12.0. The molecular formula is C14H21BrN2O3. The molecule has 2 rings (SSSR count). The number of amides is 1. The molecule has 0 spiro atoms. The fraction of sp³-hybridized carbons (Fsp3) is 0.714. The number of hydrogen-bond donors (Lipinski definition) is 0. The molecule has 2 heterocycles. The SMILES string of the molecule is CC(C)(C)OC(=O)N1CCC(c2cc(CBr)on2)CC1. The lowest BCUT2D eigenvalue weighted by Gasteiger charge is -2.32. The fourth-order valence-corrected chi connectivity index (χ4v) is 2.53. The van der Waals surface area contributed by atoms with Crippen LogP contribution < -0.4 is 0 Å². The van der Waals surface area contributed by atoms with Crippen molar-refractivity contribution in [2.75, 3.05) is 13.1 Å². The molecule has 112 valence electrons. The standard InChI is InChI=1S/C14H21BrN2O3/c1-14(2,3)19-13(18)17-6-4-10(5-7-17)12-8-11(9-15)20-16-12/h8,10H,4-7,9H2,1-3H3. The molecule has 0 saturated carbocycles. The first-order valence-electron chi connectivity index (χ1n) is 6.88. The van der Waals surface area contributed by atoms with Gasteiger partial charge in [-0.2, -0.15) is 0 Å². The summed E-state index contributed by atoms with van der Waals surface area (Å²) in [4.78, 5) is 13.7. The van der Waals surface area contributed by atoms with Gasteiger partial charge in [0.15, 0.2) is 0 Å². The van der Waals surface area contributed by atoms with Gasteiger partial charge in [0.2, 0.25) is 0 Å². The Morgan fingerprint density at radius 3 is 2.65 bits per heavy atom. The number of ether oxygens (including phenoxy) is 1. The maximum absolute atomic E-state index is 12.0. The lowest BCUT2D eigenvalue weighted by molar-refractivity contribution is 0.0203. The van der Waals surface area contributed by atoms with Gasteiger partial charge in [-0.1, -0.05) is 21.1 Å². The summed E-state index contributed by atoms with van der Waals surface area (Å²) in [5.74, 6) is 1.21. The van der Waals surface area contributed by atoms with E-state index in [9.17, 15) is 4.79 Å². The van der Waals surface area contributed by atoms with Crippen molar-refractivity contribution >= 4 is 22.0 Å². The van der Waals surface area contributed by atoms with Gasteiger partial charge in [-0.3, -0.25) is 0 Å². The number of aromatic nitrogens is 1. The second-order valence-electron chi connectivity index (χ2n) is 6.09. The maximum Gasteiger partial charge on any atom is 0.410 e. The highest BCUT2D eigenvalue weighted by Crippen LogP contribution is 2.28.